The summed E-state index contributed by atoms with van der Waals surface area (Å²) in [6.07, 6.45) is 1.17. The molecule has 0 spiro atoms. The zero-order valence-corrected chi connectivity index (χ0v) is 16.5. The number of aliphatic hydroxyl groups is 1. The number of nitrogens with two attached hydrogens (primary N) is 1. The molecule has 0 saturated heterocycles. The van der Waals surface area contributed by atoms with Crippen molar-refractivity contribution in [2.45, 2.75) is 19.1 Å². The van der Waals surface area contributed by atoms with Crippen molar-refractivity contribution in [3.8, 4) is 0 Å². The molecule has 152 valence electrons. The minimum atomic E-state index is -3.83. The molecule has 3 aromatic rings. The van der Waals surface area contributed by atoms with Crippen molar-refractivity contribution in [1.29, 1.82) is 0 Å². The topological polar surface area (TPSA) is 98.2 Å². The fraction of sp³-hybridized carbons (Fsp3) is 0.150. The van der Waals surface area contributed by atoms with Gasteiger partial charge in [-0.3, -0.25) is 0 Å². The molecule has 0 bridgehead atoms. The second-order valence-corrected chi connectivity index (χ2v) is 9.02. The van der Waals surface area contributed by atoms with Gasteiger partial charge in [-0.05, 0) is 49.3 Å². The first kappa shape index (κ1) is 20.5. The lowest BCUT2D eigenvalue weighted by Gasteiger charge is -2.13. The van der Waals surface area contributed by atoms with E-state index in [0.29, 0.717) is 11.1 Å². The van der Waals surface area contributed by atoms with Gasteiger partial charge in [0.2, 0.25) is 16.0 Å². The first-order valence-corrected chi connectivity index (χ1v) is 10.1. The van der Waals surface area contributed by atoms with Crippen molar-refractivity contribution in [2.75, 3.05) is 5.73 Å². The Morgan fingerprint density at radius 2 is 1.97 bits per heavy atom. The largest absolute Gasteiger partial charge is 0.509 e. The maximum absolute atomic E-state index is 14.4. The smallest absolute Gasteiger partial charge is 0.244 e. The lowest BCUT2D eigenvalue weighted by atomic mass is 9.96. The fourth-order valence-corrected chi connectivity index (χ4v) is 4.06. The number of nitrogens with zero attached hydrogens (tertiary/aromatic N) is 2. The number of hydrogen-bond donors (Lipinski definition) is 2. The van der Waals surface area contributed by atoms with Crippen LogP contribution >= 0.6 is 0 Å². The summed E-state index contributed by atoms with van der Waals surface area (Å²) < 4.78 is 54.5. The van der Waals surface area contributed by atoms with Gasteiger partial charge in [-0.25, -0.2) is 26.2 Å². The third kappa shape index (κ3) is 3.61. The molecule has 2 aromatic carbocycles. The second-order valence-electron chi connectivity index (χ2n) is 6.68. The van der Waals surface area contributed by atoms with Gasteiger partial charge in [-0.1, -0.05) is 24.8 Å². The number of imidazole rings is 1. The van der Waals surface area contributed by atoms with Crippen LogP contribution in [0.3, 0.4) is 0 Å². The lowest BCUT2D eigenvalue weighted by Crippen LogP contribution is -2.23. The molecule has 0 atom stereocenters. The minimum Gasteiger partial charge on any atom is -0.509 e. The predicted molar refractivity (Wildman–Crippen MR) is 109 cm³/mol. The molecule has 0 aliphatic heterocycles. The molecule has 3 rings (SSSR count). The summed E-state index contributed by atoms with van der Waals surface area (Å²) in [7, 11) is -3.83. The van der Waals surface area contributed by atoms with Gasteiger partial charge in [-0.15, -0.1) is 0 Å². The van der Waals surface area contributed by atoms with E-state index in [1.807, 2.05) is 0 Å². The Hall–Kier alpha value is -3.20. The highest BCUT2D eigenvalue weighted by Crippen LogP contribution is 2.31. The molecule has 0 amide bonds. The summed E-state index contributed by atoms with van der Waals surface area (Å²) >= 11 is 0. The zero-order valence-electron chi connectivity index (χ0n) is 15.7. The van der Waals surface area contributed by atoms with Crippen LogP contribution in [0.15, 0.2) is 54.8 Å². The highest BCUT2D eigenvalue weighted by atomic mass is 32.2. The molecule has 0 aliphatic rings. The van der Waals surface area contributed by atoms with Crippen LogP contribution in [0.5, 0.6) is 0 Å². The number of halogens is 2. The van der Waals surface area contributed by atoms with E-state index in [9.17, 15) is 22.3 Å². The van der Waals surface area contributed by atoms with Crippen LogP contribution in [0.2, 0.25) is 0 Å². The predicted octanol–water partition coefficient (Wildman–Crippen LogP) is 3.99. The molecule has 0 aliphatic carbocycles. The summed E-state index contributed by atoms with van der Waals surface area (Å²) in [5, 5.41) is 8.89. The summed E-state index contributed by atoms with van der Waals surface area (Å²) in [5.74, 6) is -2.76. The number of rotatable bonds is 5. The number of nitrogen functional groups attached to an aromatic ring is 1. The summed E-state index contributed by atoms with van der Waals surface area (Å²) in [4.78, 5) is 4.07. The summed E-state index contributed by atoms with van der Waals surface area (Å²) in [6.45, 7) is 6.39. The van der Waals surface area contributed by atoms with Crippen LogP contribution in [0.25, 0.3) is 16.6 Å². The molecule has 0 saturated carbocycles. The molecule has 1 heterocycles. The molecule has 29 heavy (non-hydrogen) atoms. The second kappa shape index (κ2) is 7.32. The maximum atomic E-state index is 14.4. The maximum Gasteiger partial charge on any atom is 0.244 e. The van der Waals surface area contributed by atoms with Crippen LogP contribution in [-0.4, -0.2) is 27.7 Å². The first-order valence-electron chi connectivity index (χ1n) is 8.60. The van der Waals surface area contributed by atoms with E-state index in [-0.39, 0.29) is 28.4 Å². The van der Waals surface area contributed by atoms with E-state index in [2.05, 4.69) is 11.6 Å². The van der Waals surface area contributed by atoms with Crippen LogP contribution in [0.1, 0.15) is 25.0 Å². The van der Waals surface area contributed by atoms with Gasteiger partial charge in [0.1, 0.15) is 5.76 Å². The van der Waals surface area contributed by atoms with Gasteiger partial charge in [0, 0.05) is 5.56 Å². The average Bonchev–Trinajstić information content (AvgIpc) is 2.97. The molecule has 3 N–H and O–H groups in total. The Bertz CT molecular complexity index is 1260. The number of fused-ring (bicyclic) bond motifs is 1. The third-order valence-electron chi connectivity index (χ3n) is 4.35. The van der Waals surface area contributed by atoms with Crippen molar-refractivity contribution < 1.29 is 22.3 Å². The van der Waals surface area contributed by atoms with E-state index in [1.54, 1.807) is 6.07 Å². The number of hydrogen-bond acceptors (Lipinski definition) is 5. The molecular formula is C20H19F2N3O3S. The van der Waals surface area contributed by atoms with E-state index < -0.39 is 26.9 Å². The highest BCUT2D eigenvalue weighted by Gasteiger charge is 2.25. The average molecular weight is 419 g/mol. The molecule has 0 fully saturated rings. The van der Waals surface area contributed by atoms with E-state index >= 15 is 0 Å². The zero-order chi connectivity index (χ0) is 21.5. The Kier molecular flexibility index (Phi) is 5.18. The summed E-state index contributed by atoms with van der Waals surface area (Å²) in [6, 6.07) is 8.13. The lowest BCUT2D eigenvalue weighted by molar-refractivity contribution is 0.435. The van der Waals surface area contributed by atoms with E-state index in [4.69, 9.17) is 5.73 Å². The van der Waals surface area contributed by atoms with Crippen molar-refractivity contribution in [3.63, 3.8) is 0 Å². The van der Waals surface area contributed by atoms with Gasteiger partial charge in [-0.2, -0.15) is 0 Å². The molecule has 0 unspecified atom stereocenters. The van der Waals surface area contributed by atoms with Crippen LogP contribution in [0, 0.1) is 11.6 Å². The molecular weight excluding hydrogens is 400 g/mol. The standard InChI is InChI=1S/C20H19F2N3O3S/c1-11(2)29(27,28)25-18-10-13(7-8-17(18)24-20(25)23)15(9-12(3)26)14-5-4-6-16(21)19(14)22/h4-11,26H,3H2,1-2H3,(H2,23,24)/b15-9-. The third-order valence-corrected chi connectivity index (χ3v) is 6.44. The normalized spacial score (nSPS) is 12.7. The van der Waals surface area contributed by atoms with Gasteiger partial charge < -0.3 is 10.8 Å². The molecule has 9 heteroatoms. The number of anilines is 1. The monoisotopic (exact) mass is 419 g/mol. The van der Waals surface area contributed by atoms with Crippen molar-refractivity contribution >= 4 is 32.6 Å². The number of aliphatic hydroxyl groups excluding tert-OH is 1. The van der Waals surface area contributed by atoms with Crippen LogP contribution in [-0.2, 0) is 10.0 Å². The number of allylic oxidation sites excluding steroid dienone is 1. The Morgan fingerprint density at radius 3 is 2.59 bits per heavy atom. The Labute approximate surface area is 166 Å². The molecule has 1 aromatic heterocycles. The Morgan fingerprint density at radius 1 is 1.28 bits per heavy atom. The summed E-state index contributed by atoms with van der Waals surface area (Å²) in [5.41, 5.74) is 6.64. The van der Waals surface area contributed by atoms with E-state index in [1.165, 1.54) is 44.2 Å². The molecule has 6 nitrogen and oxygen atoms in total. The fourth-order valence-electron chi connectivity index (χ4n) is 2.91. The number of aromatic nitrogens is 2. The van der Waals surface area contributed by atoms with Crippen LogP contribution < -0.4 is 5.73 Å². The van der Waals surface area contributed by atoms with Crippen molar-refractivity contribution in [3.05, 3.63) is 77.6 Å². The molecule has 0 radical (unpaired) electrons. The number of benzene rings is 2. The van der Waals surface area contributed by atoms with Gasteiger partial charge in [0.05, 0.1) is 16.3 Å². The van der Waals surface area contributed by atoms with Crippen molar-refractivity contribution in [1.82, 2.24) is 8.96 Å². The highest BCUT2D eigenvalue weighted by molar-refractivity contribution is 7.90. The van der Waals surface area contributed by atoms with Gasteiger partial charge >= 0.3 is 0 Å². The minimum absolute atomic E-state index is 0.115. The first-order chi connectivity index (χ1) is 13.5. The quantitative estimate of drug-likeness (QED) is 0.481. The van der Waals surface area contributed by atoms with E-state index in [0.717, 1.165) is 10.0 Å². The van der Waals surface area contributed by atoms with Gasteiger partial charge in [0.25, 0.3) is 0 Å². The van der Waals surface area contributed by atoms with Crippen LogP contribution in [0.4, 0.5) is 14.7 Å². The Balaban J connectivity index is 2.33. The van der Waals surface area contributed by atoms with Crippen molar-refractivity contribution in [2.24, 2.45) is 0 Å². The van der Waals surface area contributed by atoms with Gasteiger partial charge in [0.15, 0.2) is 11.6 Å². The SMILES string of the molecule is C=C(O)/C=C(/c1ccc2nc(N)n(S(=O)(=O)C(C)C)c2c1)c1cccc(F)c1F.